The van der Waals surface area contributed by atoms with Gasteiger partial charge in [-0.25, -0.2) is 0 Å². The summed E-state index contributed by atoms with van der Waals surface area (Å²) in [5.74, 6) is 0.979. The number of benzene rings is 1. The normalized spacial score (nSPS) is 12.3. The highest BCUT2D eigenvalue weighted by molar-refractivity contribution is 7.07. The zero-order valence-electron chi connectivity index (χ0n) is 13.0. The molecular weight excluding hydrogens is 278 g/mol. The molecule has 0 amide bonds. The van der Waals surface area contributed by atoms with Crippen LogP contribution in [0.2, 0.25) is 0 Å². The fourth-order valence-corrected chi connectivity index (χ4v) is 3.12. The number of aryl methyl sites for hydroxylation is 1. The van der Waals surface area contributed by atoms with Gasteiger partial charge in [0.1, 0.15) is 5.75 Å². The van der Waals surface area contributed by atoms with Crippen LogP contribution in [0.5, 0.6) is 5.75 Å². The molecule has 0 aliphatic rings. The van der Waals surface area contributed by atoms with E-state index in [-0.39, 0.29) is 0 Å². The Kier molecular flexibility index (Phi) is 6.77. The summed E-state index contributed by atoms with van der Waals surface area (Å²) in [7, 11) is 0. The SMILES string of the molecule is CCCOc1cccc(C(CCc2ccsc2)NCC)c1. The van der Waals surface area contributed by atoms with E-state index in [1.54, 1.807) is 11.3 Å². The van der Waals surface area contributed by atoms with Crippen molar-refractivity contribution in [2.75, 3.05) is 13.2 Å². The highest BCUT2D eigenvalue weighted by Crippen LogP contribution is 2.24. The summed E-state index contributed by atoms with van der Waals surface area (Å²) in [6.07, 6.45) is 3.27. The van der Waals surface area contributed by atoms with E-state index in [4.69, 9.17) is 4.74 Å². The number of ether oxygens (including phenoxy) is 1. The molecule has 2 nitrogen and oxygen atoms in total. The molecule has 3 heteroatoms. The van der Waals surface area contributed by atoms with Crippen LogP contribution in [0.4, 0.5) is 0 Å². The molecule has 1 heterocycles. The third-order valence-corrected chi connectivity index (χ3v) is 4.22. The summed E-state index contributed by atoms with van der Waals surface area (Å²) in [6, 6.07) is 11.1. The minimum atomic E-state index is 0.389. The van der Waals surface area contributed by atoms with Crippen LogP contribution in [-0.4, -0.2) is 13.2 Å². The second kappa shape index (κ2) is 8.85. The van der Waals surface area contributed by atoms with E-state index < -0.39 is 0 Å². The number of hydrogen-bond acceptors (Lipinski definition) is 3. The fraction of sp³-hybridized carbons (Fsp3) is 0.444. The minimum Gasteiger partial charge on any atom is -0.494 e. The molecule has 0 aliphatic carbocycles. The smallest absolute Gasteiger partial charge is 0.119 e. The van der Waals surface area contributed by atoms with Crippen molar-refractivity contribution in [1.29, 1.82) is 0 Å². The quantitative estimate of drug-likeness (QED) is 0.717. The van der Waals surface area contributed by atoms with Crippen molar-refractivity contribution in [3.8, 4) is 5.75 Å². The monoisotopic (exact) mass is 303 g/mol. The highest BCUT2D eigenvalue weighted by Gasteiger charge is 2.11. The lowest BCUT2D eigenvalue weighted by molar-refractivity contribution is 0.316. The molecule has 1 unspecified atom stereocenters. The van der Waals surface area contributed by atoms with Crippen molar-refractivity contribution < 1.29 is 4.74 Å². The Morgan fingerprint density at radius 3 is 2.86 bits per heavy atom. The highest BCUT2D eigenvalue weighted by atomic mass is 32.1. The van der Waals surface area contributed by atoms with Crippen molar-refractivity contribution in [2.45, 2.75) is 39.2 Å². The summed E-state index contributed by atoms with van der Waals surface area (Å²) < 4.78 is 5.75. The molecule has 0 spiro atoms. The Labute approximate surface area is 132 Å². The van der Waals surface area contributed by atoms with Crippen LogP contribution in [0.25, 0.3) is 0 Å². The molecule has 2 aromatic rings. The van der Waals surface area contributed by atoms with Crippen LogP contribution in [0.3, 0.4) is 0 Å². The van der Waals surface area contributed by atoms with E-state index in [0.717, 1.165) is 38.2 Å². The predicted octanol–water partition coefficient (Wildman–Crippen LogP) is 4.82. The first kappa shape index (κ1) is 16.1. The van der Waals surface area contributed by atoms with Gasteiger partial charge in [-0.15, -0.1) is 0 Å². The van der Waals surface area contributed by atoms with Crippen molar-refractivity contribution in [2.24, 2.45) is 0 Å². The van der Waals surface area contributed by atoms with Crippen molar-refractivity contribution in [1.82, 2.24) is 5.32 Å². The summed E-state index contributed by atoms with van der Waals surface area (Å²) >= 11 is 1.77. The predicted molar refractivity (Wildman–Crippen MR) is 91.3 cm³/mol. The summed E-state index contributed by atoms with van der Waals surface area (Å²) in [4.78, 5) is 0. The first-order valence-electron chi connectivity index (χ1n) is 7.80. The standard InChI is InChI=1S/C18H25NOS/c1-3-11-20-17-7-5-6-16(13-17)18(19-4-2)9-8-15-10-12-21-14-15/h5-7,10,12-14,18-19H,3-4,8-9,11H2,1-2H3. The van der Waals surface area contributed by atoms with Gasteiger partial charge in [-0.05, 0) is 65.9 Å². The number of hydrogen-bond donors (Lipinski definition) is 1. The Balaban J connectivity index is 2.02. The number of thiophene rings is 1. The molecule has 0 aliphatic heterocycles. The molecule has 1 atom stereocenters. The molecule has 1 N–H and O–H groups in total. The van der Waals surface area contributed by atoms with Crippen molar-refractivity contribution in [3.63, 3.8) is 0 Å². The lowest BCUT2D eigenvalue weighted by Crippen LogP contribution is -2.21. The summed E-state index contributed by atoms with van der Waals surface area (Å²) in [5.41, 5.74) is 2.75. The van der Waals surface area contributed by atoms with Crippen LogP contribution in [0, 0.1) is 0 Å². The van der Waals surface area contributed by atoms with Gasteiger partial charge in [-0.2, -0.15) is 11.3 Å². The zero-order valence-corrected chi connectivity index (χ0v) is 13.8. The van der Waals surface area contributed by atoms with E-state index in [9.17, 15) is 0 Å². The van der Waals surface area contributed by atoms with E-state index in [1.807, 2.05) is 6.07 Å². The third-order valence-electron chi connectivity index (χ3n) is 3.49. The first-order chi connectivity index (χ1) is 10.3. The van der Waals surface area contributed by atoms with Gasteiger partial charge in [-0.3, -0.25) is 0 Å². The molecule has 0 saturated heterocycles. The van der Waals surface area contributed by atoms with Gasteiger partial charge in [0.15, 0.2) is 0 Å². The molecule has 2 rings (SSSR count). The van der Waals surface area contributed by atoms with Crippen LogP contribution in [0.1, 0.15) is 43.9 Å². The van der Waals surface area contributed by atoms with E-state index in [0.29, 0.717) is 6.04 Å². The summed E-state index contributed by atoms with van der Waals surface area (Å²) in [5, 5.41) is 7.98. The summed E-state index contributed by atoms with van der Waals surface area (Å²) in [6.45, 7) is 6.06. The van der Waals surface area contributed by atoms with Gasteiger partial charge in [0, 0.05) is 6.04 Å². The molecule has 0 radical (unpaired) electrons. The van der Waals surface area contributed by atoms with Gasteiger partial charge in [0.05, 0.1) is 6.61 Å². The lowest BCUT2D eigenvalue weighted by atomic mass is 10.00. The van der Waals surface area contributed by atoms with Gasteiger partial charge in [0.25, 0.3) is 0 Å². The maximum atomic E-state index is 5.75. The van der Waals surface area contributed by atoms with Crippen LogP contribution in [-0.2, 0) is 6.42 Å². The third kappa shape index (κ3) is 5.18. The maximum absolute atomic E-state index is 5.75. The molecule has 0 bridgehead atoms. The molecule has 0 fully saturated rings. The number of rotatable bonds is 9. The van der Waals surface area contributed by atoms with Crippen LogP contribution < -0.4 is 10.1 Å². The Morgan fingerprint density at radius 1 is 1.24 bits per heavy atom. The fourth-order valence-electron chi connectivity index (χ4n) is 2.42. The molecule has 0 saturated carbocycles. The second-order valence-electron chi connectivity index (χ2n) is 5.20. The lowest BCUT2D eigenvalue weighted by Gasteiger charge is -2.19. The van der Waals surface area contributed by atoms with E-state index in [1.165, 1.54) is 11.1 Å². The van der Waals surface area contributed by atoms with Crippen LogP contribution >= 0.6 is 11.3 Å². The number of nitrogens with one attached hydrogen (secondary N) is 1. The average molecular weight is 303 g/mol. The zero-order chi connectivity index (χ0) is 14.9. The Morgan fingerprint density at radius 2 is 2.14 bits per heavy atom. The van der Waals surface area contributed by atoms with Gasteiger partial charge in [0.2, 0.25) is 0 Å². The Hall–Kier alpha value is -1.32. The van der Waals surface area contributed by atoms with Gasteiger partial charge in [-0.1, -0.05) is 26.0 Å². The molecule has 21 heavy (non-hydrogen) atoms. The van der Waals surface area contributed by atoms with Gasteiger partial charge < -0.3 is 10.1 Å². The minimum absolute atomic E-state index is 0.389. The Bertz CT molecular complexity index is 510. The average Bonchev–Trinajstić information content (AvgIpc) is 3.03. The van der Waals surface area contributed by atoms with Crippen molar-refractivity contribution >= 4 is 11.3 Å². The van der Waals surface area contributed by atoms with E-state index in [2.05, 4.69) is 54.2 Å². The second-order valence-corrected chi connectivity index (χ2v) is 5.98. The van der Waals surface area contributed by atoms with E-state index >= 15 is 0 Å². The molecule has 1 aromatic carbocycles. The maximum Gasteiger partial charge on any atom is 0.119 e. The first-order valence-corrected chi connectivity index (χ1v) is 8.75. The topological polar surface area (TPSA) is 21.3 Å². The van der Waals surface area contributed by atoms with Crippen LogP contribution in [0.15, 0.2) is 41.1 Å². The molecule has 114 valence electrons. The molecular formula is C18H25NOS. The van der Waals surface area contributed by atoms with Crippen molar-refractivity contribution in [3.05, 3.63) is 52.2 Å². The van der Waals surface area contributed by atoms with Gasteiger partial charge >= 0.3 is 0 Å². The largest absolute Gasteiger partial charge is 0.494 e. The molecule has 1 aromatic heterocycles.